The van der Waals surface area contributed by atoms with E-state index in [1.54, 1.807) is 24.3 Å². The normalized spacial score (nSPS) is 11.7. The van der Waals surface area contributed by atoms with E-state index in [0.29, 0.717) is 16.7 Å². The fourth-order valence-electron chi connectivity index (χ4n) is 2.93. The van der Waals surface area contributed by atoms with E-state index in [4.69, 9.17) is 4.74 Å². The van der Waals surface area contributed by atoms with Gasteiger partial charge in [-0.15, -0.1) is 0 Å². The van der Waals surface area contributed by atoms with Crippen molar-refractivity contribution in [3.8, 4) is 0 Å². The average molecular weight is 372 g/mol. The molecule has 3 rings (SSSR count). The SMILES string of the molecule is CCc1ccc(C(=O)O[C@@H](C(=O)c2ccc(C)cc2)c2ccc(C)cc2)cc1. The lowest BCUT2D eigenvalue weighted by Crippen LogP contribution is -2.20. The lowest BCUT2D eigenvalue weighted by Gasteiger charge is -2.18. The lowest BCUT2D eigenvalue weighted by molar-refractivity contribution is 0.0280. The molecule has 0 fully saturated rings. The Hall–Kier alpha value is -3.20. The first-order chi connectivity index (χ1) is 13.5. The number of hydrogen-bond acceptors (Lipinski definition) is 3. The third-order valence-electron chi connectivity index (χ3n) is 4.78. The number of aryl methyl sites for hydroxylation is 3. The Morgan fingerprint density at radius 1 is 0.750 bits per heavy atom. The highest BCUT2D eigenvalue weighted by atomic mass is 16.5. The molecule has 0 saturated heterocycles. The van der Waals surface area contributed by atoms with Gasteiger partial charge in [-0.1, -0.05) is 78.7 Å². The molecule has 142 valence electrons. The number of ketones is 1. The van der Waals surface area contributed by atoms with Crippen molar-refractivity contribution >= 4 is 11.8 Å². The van der Waals surface area contributed by atoms with Gasteiger partial charge in [-0.3, -0.25) is 4.79 Å². The highest BCUT2D eigenvalue weighted by molar-refractivity contribution is 6.02. The van der Waals surface area contributed by atoms with Crippen molar-refractivity contribution in [2.75, 3.05) is 0 Å². The number of ether oxygens (including phenoxy) is 1. The molecule has 0 spiro atoms. The quantitative estimate of drug-likeness (QED) is 0.415. The zero-order valence-corrected chi connectivity index (χ0v) is 16.4. The summed E-state index contributed by atoms with van der Waals surface area (Å²) >= 11 is 0. The average Bonchev–Trinajstić information content (AvgIpc) is 2.73. The van der Waals surface area contributed by atoms with Gasteiger partial charge in [0.15, 0.2) is 6.10 Å². The van der Waals surface area contributed by atoms with Crippen LogP contribution in [0.5, 0.6) is 0 Å². The molecule has 0 bridgehead atoms. The van der Waals surface area contributed by atoms with E-state index < -0.39 is 12.1 Å². The monoisotopic (exact) mass is 372 g/mol. The van der Waals surface area contributed by atoms with Gasteiger partial charge in [0, 0.05) is 11.1 Å². The number of hydrogen-bond donors (Lipinski definition) is 0. The standard InChI is InChI=1S/C25H24O3/c1-4-19-9-15-22(16-10-19)25(27)28-24(21-13-7-18(3)8-14-21)23(26)20-11-5-17(2)6-12-20/h5-16,24H,4H2,1-3H3/t24-/m1/s1. The molecule has 0 amide bonds. The molecule has 1 atom stereocenters. The summed E-state index contributed by atoms with van der Waals surface area (Å²) in [5.74, 6) is -0.740. The predicted molar refractivity (Wildman–Crippen MR) is 111 cm³/mol. The third kappa shape index (κ3) is 4.55. The lowest BCUT2D eigenvalue weighted by atomic mass is 9.98. The summed E-state index contributed by atoms with van der Waals surface area (Å²) in [6.07, 6.45) is -0.0885. The third-order valence-corrected chi connectivity index (χ3v) is 4.78. The number of carbonyl (C=O) groups is 2. The maximum atomic E-state index is 13.1. The van der Waals surface area contributed by atoms with Crippen molar-refractivity contribution in [2.24, 2.45) is 0 Å². The minimum absolute atomic E-state index is 0.234. The van der Waals surface area contributed by atoms with Crippen molar-refractivity contribution in [1.82, 2.24) is 0 Å². The van der Waals surface area contributed by atoms with Crippen LogP contribution in [0.1, 0.15) is 56.0 Å². The van der Waals surface area contributed by atoms with Gasteiger partial charge in [-0.2, -0.15) is 0 Å². The molecule has 28 heavy (non-hydrogen) atoms. The molecule has 0 radical (unpaired) electrons. The zero-order chi connectivity index (χ0) is 20.1. The van der Waals surface area contributed by atoms with Crippen molar-refractivity contribution in [3.05, 3.63) is 106 Å². The van der Waals surface area contributed by atoms with Gasteiger partial charge >= 0.3 is 5.97 Å². The summed E-state index contributed by atoms with van der Waals surface area (Å²) in [5, 5.41) is 0. The molecule has 0 saturated carbocycles. The molecule has 0 aliphatic rings. The molecule has 3 aromatic rings. The first-order valence-corrected chi connectivity index (χ1v) is 9.45. The number of Topliss-reactive ketones (excluding diaryl/α,β-unsaturated/α-hetero) is 1. The highest BCUT2D eigenvalue weighted by Gasteiger charge is 2.26. The molecule has 0 heterocycles. The summed E-state index contributed by atoms with van der Waals surface area (Å²) < 4.78 is 5.69. The molecule has 3 heteroatoms. The molecule has 0 aromatic heterocycles. The van der Waals surface area contributed by atoms with E-state index in [9.17, 15) is 9.59 Å². The molecule has 0 aliphatic carbocycles. The van der Waals surface area contributed by atoms with Gasteiger partial charge in [-0.05, 0) is 38.0 Å². The van der Waals surface area contributed by atoms with Crippen molar-refractivity contribution in [1.29, 1.82) is 0 Å². The summed E-state index contributed by atoms with van der Waals surface area (Å²) in [6.45, 7) is 5.99. The van der Waals surface area contributed by atoms with Crippen LogP contribution < -0.4 is 0 Å². The largest absolute Gasteiger partial charge is 0.445 e. The summed E-state index contributed by atoms with van der Waals surface area (Å²) in [7, 11) is 0. The van der Waals surface area contributed by atoms with Crippen molar-refractivity contribution in [3.63, 3.8) is 0 Å². The van der Waals surface area contributed by atoms with E-state index in [2.05, 4.69) is 6.92 Å². The van der Waals surface area contributed by atoms with Gasteiger partial charge in [-0.25, -0.2) is 4.79 Å². The number of rotatable bonds is 6. The van der Waals surface area contributed by atoms with E-state index in [1.807, 2.05) is 62.4 Å². The summed E-state index contributed by atoms with van der Waals surface area (Å²) in [5.41, 5.74) is 4.90. The van der Waals surface area contributed by atoms with Crippen LogP contribution in [0.2, 0.25) is 0 Å². The molecular formula is C25H24O3. The van der Waals surface area contributed by atoms with E-state index in [1.165, 1.54) is 0 Å². The Labute approximate surface area is 166 Å². The van der Waals surface area contributed by atoms with Crippen LogP contribution in [-0.2, 0) is 11.2 Å². The van der Waals surface area contributed by atoms with E-state index in [0.717, 1.165) is 23.1 Å². The van der Waals surface area contributed by atoms with E-state index in [-0.39, 0.29) is 5.78 Å². The summed E-state index contributed by atoms with van der Waals surface area (Å²) in [4.78, 5) is 25.8. The molecule has 0 aliphatic heterocycles. The van der Waals surface area contributed by atoms with Crippen LogP contribution in [0.3, 0.4) is 0 Å². The number of carbonyl (C=O) groups excluding carboxylic acids is 2. The molecule has 3 aromatic carbocycles. The maximum Gasteiger partial charge on any atom is 0.339 e. The molecule has 3 nitrogen and oxygen atoms in total. The van der Waals surface area contributed by atoms with Gasteiger partial charge in [0.1, 0.15) is 0 Å². The van der Waals surface area contributed by atoms with Gasteiger partial charge < -0.3 is 4.74 Å². The van der Waals surface area contributed by atoms with Gasteiger partial charge in [0.05, 0.1) is 5.56 Å². The minimum Gasteiger partial charge on any atom is -0.445 e. The highest BCUT2D eigenvalue weighted by Crippen LogP contribution is 2.25. The second kappa shape index (κ2) is 8.66. The minimum atomic E-state index is -0.985. The van der Waals surface area contributed by atoms with Gasteiger partial charge in [0.2, 0.25) is 5.78 Å². The molecule has 0 unspecified atom stereocenters. The predicted octanol–water partition coefficient (Wildman–Crippen LogP) is 5.65. The van der Waals surface area contributed by atoms with Crippen LogP contribution >= 0.6 is 0 Å². The Balaban J connectivity index is 1.91. The van der Waals surface area contributed by atoms with Crippen LogP contribution in [0, 0.1) is 13.8 Å². The molecular weight excluding hydrogens is 348 g/mol. The Kier molecular flexibility index (Phi) is 6.05. The van der Waals surface area contributed by atoms with Crippen molar-refractivity contribution in [2.45, 2.75) is 33.3 Å². The van der Waals surface area contributed by atoms with E-state index >= 15 is 0 Å². The number of esters is 1. The zero-order valence-electron chi connectivity index (χ0n) is 16.4. The second-order valence-corrected chi connectivity index (χ2v) is 6.98. The topological polar surface area (TPSA) is 43.4 Å². The Morgan fingerprint density at radius 3 is 1.79 bits per heavy atom. The summed E-state index contributed by atoms with van der Waals surface area (Å²) in [6, 6.07) is 22.1. The first kappa shape index (κ1) is 19.6. The smallest absolute Gasteiger partial charge is 0.339 e. The first-order valence-electron chi connectivity index (χ1n) is 9.45. The van der Waals surface area contributed by atoms with Crippen LogP contribution in [-0.4, -0.2) is 11.8 Å². The van der Waals surface area contributed by atoms with Crippen LogP contribution in [0.25, 0.3) is 0 Å². The molecule has 0 N–H and O–H groups in total. The van der Waals surface area contributed by atoms with Gasteiger partial charge in [0.25, 0.3) is 0 Å². The van der Waals surface area contributed by atoms with Crippen LogP contribution in [0.4, 0.5) is 0 Å². The number of benzene rings is 3. The Morgan fingerprint density at radius 2 is 1.25 bits per heavy atom. The van der Waals surface area contributed by atoms with Crippen molar-refractivity contribution < 1.29 is 14.3 Å². The fourth-order valence-corrected chi connectivity index (χ4v) is 2.93. The van der Waals surface area contributed by atoms with Crippen LogP contribution in [0.15, 0.2) is 72.8 Å². The second-order valence-electron chi connectivity index (χ2n) is 6.98. The maximum absolute atomic E-state index is 13.1. The Bertz CT molecular complexity index is 952. The fraction of sp³-hybridized carbons (Fsp3) is 0.200.